The van der Waals surface area contributed by atoms with Crippen molar-refractivity contribution in [3.63, 3.8) is 0 Å². The third kappa shape index (κ3) is 4.16. The molecule has 0 atom stereocenters. The zero-order chi connectivity index (χ0) is 23.0. The summed E-state index contributed by atoms with van der Waals surface area (Å²) in [4.78, 5) is 28.4. The van der Waals surface area contributed by atoms with Gasteiger partial charge < -0.3 is 9.67 Å². The molecule has 0 aliphatic rings. The average Bonchev–Trinajstić information content (AvgIpc) is 3.09. The minimum atomic E-state index is -0.990. The van der Waals surface area contributed by atoms with E-state index >= 15 is 0 Å². The number of aromatic amines is 1. The molecule has 0 aliphatic heterocycles. The summed E-state index contributed by atoms with van der Waals surface area (Å²) in [7, 11) is 0. The molecule has 4 rings (SSSR count). The molecule has 0 aliphatic carbocycles. The van der Waals surface area contributed by atoms with Gasteiger partial charge in [-0.1, -0.05) is 63.2 Å². The Balaban J connectivity index is 1.76. The zero-order valence-corrected chi connectivity index (χ0v) is 18.0. The Kier molecular flexibility index (Phi) is 5.38. The van der Waals surface area contributed by atoms with E-state index in [0.717, 1.165) is 11.1 Å². The molecule has 32 heavy (non-hydrogen) atoms. The predicted octanol–water partition coefficient (Wildman–Crippen LogP) is 4.26. The lowest BCUT2D eigenvalue weighted by atomic mass is 9.92. The smallest absolute Gasteiger partial charge is 0.336 e. The van der Waals surface area contributed by atoms with Crippen molar-refractivity contribution < 1.29 is 14.3 Å². The molecule has 4 aromatic rings. The van der Waals surface area contributed by atoms with E-state index in [1.54, 1.807) is 28.8 Å². The van der Waals surface area contributed by atoms with Gasteiger partial charge in [-0.25, -0.2) is 14.9 Å². The van der Waals surface area contributed by atoms with Gasteiger partial charge in [-0.2, -0.15) is 4.39 Å². The van der Waals surface area contributed by atoms with Crippen LogP contribution in [0.15, 0.2) is 53.3 Å². The highest BCUT2D eigenvalue weighted by atomic mass is 19.1. The highest BCUT2D eigenvalue weighted by Gasteiger charge is 2.22. The van der Waals surface area contributed by atoms with Crippen LogP contribution in [0.25, 0.3) is 22.2 Å². The summed E-state index contributed by atoms with van der Waals surface area (Å²) >= 11 is 0. The molecule has 0 fully saturated rings. The van der Waals surface area contributed by atoms with E-state index in [2.05, 4.69) is 15.2 Å². The van der Waals surface area contributed by atoms with Gasteiger partial charge in [0.25, 0.3) is 11.5 Å². The maximum atomic E-state index is 14.3. The third-order valence-electron chi connectivity index (χ3n) is 5.16. The summed E-state index contributed by atoms with van der Waals surface area (Å²) in [5, 5.41) is 15.0. The first kappa shape index (κ1) is 21.4. The van der Waals surface area contributed by atoms with Crippen molar-refractivity contribution in [2.75, 3.05) is 0 Å². The number of aromatic carboxylic acids is 1. The van der Waals surface area contributed by atoms with Gasteiger partial charge in [0.2, 0.25) is 0 Å². The molecule has 7 nitrogen and oxygen atoms in total. The highest BCUT2D eigenvalue weighted by Crippen LogP contribution is 2.26. The summed E-state index contributed by atoms with van der Waals surface area (Å²) in [6.07, 6.45) is 0.546. The number of halogens is 1. The van der Waals surface area contributed by atoms with Crippen molar-refractivity contribution >= 4 is 17.0 Å². The molecule has 2 N–H and O–H groups in total. The summed E-state index contributed by atoms with van der Waals surface area (Å²) < 4.78 is 16.0. The number of hydrogen-bond acceptors (Lipinski definition) is 4. The van der Waals surface area contributed by atoms with E-state index in [9.17, 15) is 19.1 Å². The largest absolute Gasteiger partial charge is 0.478 e. The van der Waals surface area contributed by atoms with Gasteiger partial charge in [0.05, 0.1) is 5.56 Å². The first-order valence-electron chi connectivity index (χ1n) is 10.2. The van der Waals surface area contributed by atoms with E-state index in [1.807, 2.05) is 45.0 Å². The Bertz CT molecular complexity index is 1370. The lowest BCUT2D eigenvalue weighted by Gasteiger charge is -2.19. The SMILES string of the molecule is CC(C)(C)Cc1nc2c(F)n[nH]c(=O)c2n1Cc1ccc(-c2ccccc2C(=O)O)cc1. The molecule has 2 heterocycles. The summed E-state index contributed by atoms with van der Waals surface area (Å²) in [6.45, 7) is 6.45. The van der Waals surface area contributed by atoms with Crippen LogP contribution in [0.5, 0.6) is 0 Å². The fourth-order valence-corrected chi connectivity index (χ4v) is 3.75. The second kappa shape index (κ2) is 8.03. The second-order valence-corrected chi connectivity index (χ2v) is 8.94. The summed E-state index contributed by atoms with van der Waals surface area (Å²) in [5.74, 6) is -1.20. The van der Waals surface area contributed by atoms with Crippen LogP contribution in [0.3, 0.4) is 0 Å². The quantitative estimate of drug-likeness (QED) is 0.489. The summed E-state index contributed by atoms with van der Waals surface area (Å²) in [6, 6.07) is 14.2. The Morgan fingerprint density at radius 2 is 1.81 bits per heavy atom. The first-order valence-corrected chi connectivity index (χ1v) is 10.2. The molecule has 0 bridgehead atoms. The Labute approximate surface area is 183 Å². The summed E-state index contributed by atoms with van der Waals surface area (Å²) in [5.41, 5.74) is 1.97. The van der Waals surface area contributed by atoms with Crippen LogP contribution in [-0.2, 0) is 13.0 Å². The minimum Gasteiger partial charge on any atom is -0.478 e. The second-order valence-electron chi connectivity index (χ2n) is 8.94. The fourth-order valence-electron chi connectivity index (χ4n) is 3.75. The third-order valence-corrected chi connectivity index (χ3v) is 5.16. The molecule has 2 aromatic carbocycles. The van der Waals surface area contributed by atoms with E-state index in [-0.39, 0.29) is 22.0 Å². The molecule has 2 aromatic heterocycles. The topological polar surface area (TPSA) is 101 Å². The van der Waals surface area contributed by atoms with Gasteiger partial charge in [-0.15, -0.1) is 5.10 Å². The van der Waals surface area contributed by atoms with Crippen LogP contribution < -0.4 is 5.56 Å². The molecule has 0 unspecified atom stereocenters. The Morgan fingerprint density at radius 3 is 2.47 bits per heavy atom. The number of fused-ring (bicyclic) bond motifs is 1. The predicted molar refractivity (Wildman–Crippen MR) is 119 cm³/mol. The molecule has 0 saturated carbocycles. The van der Waals surface area contributed by atoms with Gasteiger partial charge in [0.15, 0.2) is 5.52 Å². The minimum absolute atomic E-state index is 0.0417. The Morgan fingerprint density at radius 1 is 1.12 bits per heavy atom. The number of carbonyl (C=O) groups is 1. The highest BCUT2D eigenvalue weighted by molar-refractivity contribution is 5.96. The normalized spacial score (nSPS) is 11.8. The van der Waals surface area contributed by atoms with E-state index in [1.165, 1.54) is 0 Å². The van der Waals surface area contributed by atoms with Crippen LogP contribution >= 0.6 is 0 Å². The molecular formula is C24H23FN4O3. The number of nitrogens with zero attached hydrogens (tertiary/aromatic N) is 3. The van der Waals surface area contributed by atoms with Crippen LogP contribution in [0.2, 0.25) is 0 Å². The number of benzene rings is 2. The van der Waals surface area contributed by atoms with Crippen LogP contribution in [0, 0.1) is 11.4 Å². The van der Waals surface area contributed by atoms with E-state index in [0.29, 0.717) is 24.4 Å². The number of carboxylic acid groups (broad SMARTS) is 1. The molecule has 0 radical (unpaired) electrons. The Hall–Kier alpha value is -3.81. The van der Waals surface area contributed by atoms with Gasteiger partial charge >= 0.3 is 5.97 Å². The monoisotopic (exact) mass is 434 g/mol. The number of rotatable bonds is 5. The number of nitrogens with one attached hydrogen (secondary N) is 1. The molecule has 164 valence electrons. The van der Waals surface area contributed by atoms with E-state index in [4.69, 9.17) is 0 Å². The van der Waals surface area contributed by atoms with Crippen molar-refractivity contribution in [1.82, 2.24) is 19.7 Å². The van der Waals surface area contributed by atoms with Gasteiger partial charge in [0.1, 0.15) is 11.3 Å². The van der Waals surface area contributed by atoms with Gasteiger partial charge in [-0.3, -0.25) is 4.79 Å². The van der Waals surface area contributed by atoms with Gasteiger partial charge in [-0.05, 0) is 28.2 Å². The fraction of sp³-hybridized carbons (Fsp3) is 0.250. The number of carboxylic acids is 1. The van der Waals surface area contributed by atoms with Crippen LogP contribution in [-0.4, -0.2) is 30.8 Å². The van der Waals surface area contributed by atoms with Crippen molar-refractivity contribution in [3.05, 3.63) is 81.8 Å². The molecular weight excluding hydrogens is 411 g/mol. The lowest BCUT2D eigenvalue weighted by molar-refractivity contribution is 0.0697. The first-order chi connectivity index (χ1) is 15.1. The molecule has 0 spiro atoms. The van der Waals surface area contributed by atoms with Crippen molar-refractivity contribution in [1.29, 1.82) is 0 Å². The maximum Gasteiger partial charge on any atom is 0.336 e. The molecule has 0 amide bonds. The standard InChI is InChI=1S/C24H23FN4O3/c1-24(2,3)12-18-26-19-20(22(30)28-27-21(19)25)29(18)13-14-8-10-15(11-9-14)16-6-4-5-7-17(16)23(31)32/h4-11H,12-13H2,1-3H3,(H,28,30)(H,31,32). The number of aromatic nitrogens is 4. The van der Waals surface area contributed by atoms with Crippen molar-refractivity contribution in [2.45, 2.75) is 33.7 Å². The van der Waals surface area contributed by atoms with Crippen molar-refractivity contribution in [3.8, 4) is 11.1 Å². The average molecular weight is 434 g/mol. The zero-order valence-electron chi connectivity index (χ0n) is 18.0. The van der Waals surface area contributed by atoms with Crippen LogP contribution in [0.4, 0.5) is 4.39 Å². The maximum absolute atomic E-state index is 14.3. The number of H-pyrrole nitrogens is 1. The molecule has 8 heteroatoms. The van der Waals surface area contributed by atoms with Gasteiger partial charge in [0, 0.05) is 13.0 Å². The number of hydrogen-bond donors (Lipinski definition) is 2. The van der Waals surface area contributed by atoms with Crippen LogP contribution in [0.1, 0.15) is 42.5 Å². The lowest BCUT2D eigenvalue weighted by Crippen LogP contribution is -2.18. The number of imidazole rings is 1. The van der Waals surface area contributed by atoms with Crippen molar-refractivity contribution in [2.24, 2.45) is 5.41 Å². The molecule has 0 saturated heterocycles. The van der Waals surface area contributed by atoms with E-state index < -0.39 is 17.5 Å².